The summed E-state index contributed by atoms with van der Waals surface area (Å²) in [5, 5.41) is 9.30. The monoisotopic (exact) mass is 248 g/mol. The van der Waals surface area contributed by atoms with Crippen LogP contribution in [0.4, 0.5) is 4.39 Å². The Bertz CT molecular complexity index is 538. The van der Waals surface area contributed by atoms with Crippen molar-refractivity contribution in [3.05, 3.63) is 53.9 Å². The van der Waals surface area contributed by atoms with Gasteiger partial charge < -0.3 is 9.67 Å². The molecule has 0 radical (unpaired) electrons. The van der Waals surface area contributed by atoms with Crippen LogP contribution < -0.4 is 0 Å². The van der Waals surface area contributed by atoms with E-state index in [2.05, 4.69) is 4.98 Å². The van der Waals surface area contributed by atoms with Gasteiger partial charge in [-0.2, -0.15) is 0 Å². The number of imidazole rings is 1. The van der Waals surface area contributed by atoms with E-state index in [1.807, 2.05) is 24.6 Å². The summed E-state index contributed by atoms with van der Waals surface area (Å²) >= 11 is 0. The average molecular weight is 248 g/mol. The van der Waals surface area contributed by atoms with Gasteiger partial charge in [0.05, 0.1) is 6.33 Å². The first-order valence-corrected chi connectivity index (χ1v) is 5.91. The Kier molecular flexibility index (Phi) is 3.48. The van der Waals surface area contributed by atoms with Crippen LogP contribution in [0, 0.1) is 5.82 Å². The van der Waals surface area contributed by atoms with E-state index in [1.54, 1.807) is 18.6 Å². The van der Waals surface area contributed by atoms with Crippen LogP contribution in [-0.2, 0) is 12.5 Å². The summed E-state index contributed by atoms with van der Waals surface area (Å²) in [6.07, 6.45) is 4.00. The second-order valence-electron chi connectivity index (χ2n) is 4.71. The molecule has 1 aromatic heterocycles. The quantitative estimate of drug-likeness (QED) is 0.901. The smallest absolute Gasteiger partial charge is 0.123 e. The van der Waals surface area contributed by atoms with Crippen molar-refractivity contribution >= 4 is 0 Å². The van der Waals surface area contributed by atoms with Gasteiger partial charge in [-0.1, -0.05) is 12.1 Å². The SMILES string of the molecule is Cn1cncc1C(C)(CCO)c1cccc(F)c1. The van der Waals surface area contributed by atoms with Gasteiger partial charge in [-0.05, 0) is 31.0 Å². The van der Waals surface area contributed by atoms with Gasteiger partial charge in [0.15, 0.2) is 0 Å². The predicted octanol–water partition coefficient (Wildman–Crippen LogP) is 2.25. The molecule has 4 heteroatoms. The van der Waals surface area contributed by atoms with Crippen molar-refractivity contribution in [2.75, 3.05) is 6.61 Å². The topological polar surface area (TPSA) is 38.0 Å². The first-order chi connectivity index (χ1) is 8.58. The van der Waals surface area contributed by atoms with Crippen LogP contribution in [0.5, 0.6) is 0 Å². The van der Waals surface area contributed by atoms with Crippen molar-refractivity contribution in [1.82, 2.24) is 9.55 Å². The summed E-state index contributed by atoms with van der Waals surface area (Å²) in [7, 11) is 1.90. The zero-order valence-electron chi connectivity index (χ0n) is 10.6. The van der Waals surface area contributed by atoms with Crippen LogP contribution in [-0.4, -0.2) is 21.3 Å². The third-order valence-corrected chi connectivity index (χ3v) is 3.46. The van der Waals surface area contributed by atoms with Gasteiger partial charge in [-0.25, -0.2) is 9.37 Å². The minimum absolute atomic E-state index is 0.0399. The number of hydrogen-bond acceptors (Lipinski definition) is 2. The van der Waals surface area contributed by atoms with E-state index in [0.717, 1.165) is 11.3 Å². The van der Waals surface area contributed by atoms with Crippen LogP contribution in [0.3, 0.4) is 0 Å². The third-order valence-electron chi connectivity index (χ3n) is 3.46. The second-order valence-corrected chi connectivity index (χ2v) is 4.71. The number of rotatable bonds is 4. The standard InChI is InChI=1S/C14H17FN2O/c1-14(6-7-18,13-9-16-10-17(13)2)11-4-3-5-12(15)8-11/h3-5,8-10,18H,6-7H2,1-2H3. The molecule has 2 aromatic rings. The first-order valence-electron chi connectivity index (χ1n) is 5.91. The molecule has 1 heterocycles. The summed E-state index contributed by atoms with van der Waals surface area (Å²) in [6, 6.07) is 6.51. The number of halogens is 1. The lowest BCUT2D eigenvalue weighted by molar-refractivity contribution is 0.256. The van der Waals surface area contributed by atoms with Crippen LogP contribution in [0.1, 0.15) is 24.6 Å². The fraction of sp³-hybridized carbons (Fsp3) is 0.357. The van der Waals surface area contributed by atoms with Crippen LogP contribution in [0.15, 0.2) is 36.8 Å². The van der Waals surface area contributed by atoms with Gasteiger partial charge >= 0.3 is 0 Å². The van der Waals surface area contributed by atoms with Gasteiger partial charge in [-0.3, -0.25) is 0 Å². The van der Waals surface area contributed by atoms with Crippen LogP contribution in [0.25, 0.3) is 0 Å². The number of aromatic nitrogens is 2. The summed E-state index contributed by atoms with van der Waals surface area (Å²) < 4.78 is 15.3. The highest BCUT2D eigenvalue weighted by Gasteiger charge is 2.31. The van der Waals surface area contributed by atoms with E-state index in [1.165, 1.54) is 12.1 Å². The molecule has 1 atom stereocenters. The molecule has 0 saturated heterocycles. The number of benzene rings is 1. The average Bonchev–Trinajstić information content (AvgIpc) is 2.76. The largest absolute Gasteiger partial charge is 0.396 e. The molecule has 0 saturated carbocycles. The fourth-order valence-corrected chi connectivity index (χ4v) is 2.36. The lowest BCUT2D eigenvalue weighted by atomic mass is 9.77. The fourth-order valence-electron chi connectivity index (χ4n) is 2.36. The molecule has 18 heavy (non-hydrogen) atoms. The molecule has 1 aromatic carbocycles. The van der Waals surface area contributed by atoms with E-state index >= 15 is 0 Å². The molecule has 2 rings (SSSR count). The number of aliphatic hydroxyl groups is 1. The second kappa shape index (κ2) is 4.90. The Morgan fingerprint density at radius 3 is 2.78 bits per heavy atom. The molecule has 1 unspecified atom stereocenters. The number of hydrogen-bond donors (Lipinski definition) is 1. The predicted molar refractivity (Wildman–Crippen MR) is 67.8 cm³/mol. The maximum atomic E-state index is 13.4. The van der Waals surface area contributed by atoms with Gasteiger partial charge in [0, 0.05) is 31.0 Å². The van der Waals surface area contributed by atoms with Gasteiger partial charge in [0.1, 0.15) is 5.82 Å². The van der Waals surface area contributed by atoms with Crippen molar-refractivity contribution in [2.24, 2.45) is 7.05 Å². The molecule has 0 aliphatic carbocycles. The Morgan fingerprint density at radius 2 is 2.22 bits per heavy atom. The minimum Gasteiger partial charge on any atom is -0.396 e. The molecule has 0 aliphatic heterocycles. The van der Waals surface area contributed by atoms with Crippen LogP contribution >= 0.6 is 0 Å². The van der Waals surface area contributed by atoms with Gasteiger partial charge in [0.2, 0.25) is 0 Å². The van der Waals surface area contributed by atoms with Crippen molar-refractivity contribution in [1.29, 1.82) is 0 Å². The number of aryl methyl sites for hydroxylation is 1. The zero-order chi connectivity index (χ0) is 13.2. The molecule has 3 nitrogen and oxygen atoms in total. The Balaban J connectivity index is 2.54. The molecule has 0 spiro atoms. The van der Waals surface area contributed by atoms with E-state index in [0.29, 0.717) is 6.42 Å². The molecule has 1 N–H and O–H groups in total. The molecule has 0 fully saturated rings. The molecular weight excluding hydrogens is 231 g/mol. The lowest BCUT2D eigenvalue weighted by Crippen LogP contribution is -2.27. The van der Waals surface area contributed by atoms with Crippen molar-refractivity contribution in [3.8, 4) is 0 Å². The highest BCUT2D eigenvalue weighted by molar-refractivity contribution is 5.34. The van der Waals surface area contributed by atoms with Crippen LogP contribution in [0.2, 0.25) is 0 Å². The molecule has 0 aliphatic rings. The molecular formula is C14H17FN2O. The minimum atomic E-state index is -0.442. The van der Waals surface area contributed by atoms with E-state index in [4.69, 9.17) is 0 Å². The third kappa shape index (κ3) is 2.16. The maximum Gasteiger partial charge on any atom is 0.123 e. The van der Waals surface area contributed by atoms with Gasteiger partial charge in [0.25, 0.3) is 0 Å². The van der Waals surface area contributed by atoms with Crippen molar-refractivity contribution in [2.45, 2.75) is 18.8 Å². The summed E-state index contributed by atoms with van der Waals surface area (Å²) in [6.45, 7) is 2.03. The van der Waals surface area contributed by atoms with E-state index in [-0.39, 0.29) is 12.4 Å². The number of nitrogens with zero attached hydrogens (tertiary/aromatic N) is 2. The van der Waals surface area contributed by atoms with E-state index in [9.17, 15) is 9.50 Å². The van der Waals surface area contributed by atoms with Gasteiger partial charge in [-0.15, -0.1) is 0 Å². The van der Waals surface area contributed by atoms with E-state index < -0.39 is 5.41 Å². The molecule has 96 valence electrons. The van der Waals surface area contributed by atoms with Crippen molar-refractivity contribution < 1.29 is 9.50 Å². The Hall–Kier alpha value is -1.68. The summed E-state index contributed by atoms with van der Waals surface area (Å²) in [5.41, 5.74) is 1.37. The zero-order valence-corrected chi connectivity index (χ0v) is 10.6. The normalized spacial score (nSPS) is 14.4. The molecule has 0 bridgehead atoms. The number of aliphatic hydroxyl groups excluding tert-OH is 1. The molecule has 0 amide bonds. The summed E-state index contributed by atoms with van der Waals surface area (Å²) in [5.74, 6) is -0.265. The Morgan fingerprint density at radius 1 is 1.44 bits per heavy atom. The lowest BCUT2D eigenvalue weighted by Gasteiger charge is -2.30. The maximum absolute atomic E-state index is 13.4. The highest BCUT2D eigenvalue weighted by Crippen LogP contribution is 2.34. The first kappa shape index (κ1) is 12.8. The summed E-state index contributed by atoms with van der Waals surface area (Å²) in [4.78, 5) is 4.11. The Labute approximate surface area is 106 Å². The van der Waals surface area contributed by atoms with Crippen molar-refractivity contribution in [3.63, 3.8) is 0 Å². The highest BCUT2D eigenvalue weighted by atomic mass is 19.1.